The van der Waals surface area contributed by atoms with E-state index >= 15 is 0 Å². The Bertz CT molecular complexity index is 657. The van der Waals surface area contributed by atoms with Gasteiger partial charge in [-0.1, -0.05) is 0 Å². The number of carbonyl (C=O) groups excluding carboxylic acids is 2. The number of ether oxygens (including phenoxy) is 2. The smallest absolute Gasteiger partial charge is 0.410 e. The third-order valence-electron chi connectivity index (χ3n) is 4.73. The van der Waals surface area contributed by atoms with Gasteiger partial charge in [-0.25, -0.2) is 14.8 Å². The second-order valence-electron chi connectivity index (χ2n) is 7.98. The topological polar surface area (TPSA) is 84.9 Å². The van der Waals surface area contributed by atoms with Crippen molar-refractivity contribution in [2.45, 2.75) is 39.2 Å². The minimum Gasteiger partial charge on any atom is -0.444 e. The lowest BCUT2D eigenvalue weighted by molar-refractivity contribution is 0.0240. The number of aromatic nitrogens is 2. The van der Waals surface area contributed by atoms with E-state index in [1.807, 2.05) is 25.7 Å². The van der Waals surface area contributed by atoms with Gasteiger partial charge in [0.05, 0.1) is 5.56 Å². The number of amides is 1. The fourth-order valence-corrected chi connectivity index (χ4v) is 3.22. The van der Waals surface area contributed by atoms with Crippen molar-refractivity contribution in [3.8, 4) is 0 Å². The van der Waals surface area contributed by atoms with Crippen molar-refractivity contribution in [1.29, 1.82) is 0 Å². The lowest BCUT2D eigenvalue weighted by Gasteiger charge is -2.35. The molecule has 0 atom stereocenters. The molecule has 8 nitrogen and oxygen atoms in total. The van der Waals surface area contributed by atoms with Gasteiger partial charge in [0, 0.05) is 57.7 Å². The lowest BCUT2D eigenvalue weighted by Crippen LogP contribution is -2.50. The molecule has 2 aliphatic rings. The quantitative estimate of drug-likeness (QED) is 0.747. The molecule has 3 rings (SSSR count). The molecule has 27 heavy (non-hydrogen) atoms. The van der Waals surface area contributed by atoms with Crippen molar-refractivity contribution < 1.29 is 19.1 Å². The summed E-state index contributed by atoms with van der Waals surface area (Å²) in [6.45, 7) is 9.23. The van der Waals surface area contributed by atoms with Crippen LogP contribution in [-0.4, -0.2) is 71.7 Å². The summed E-state index contributed by atoms with van der Waals surface area (Å²) < 4.78 is 10.7. The fraction of sp³-hybridized carbons (Fsp3) is 0.684. The van der Waals surface area contributed by atoms with Crippen LogP contribution in [0.3, 0.4) is 0 Å². The van der Waals surface area contributed by atoms with Gasteiger partial charge in [-0.3, -0.25) is 4.79 Å². The van der Waals surface area contributed by atoms with Crippen molar-refractivity contribution in [1.82, 2.24) is 14.9 Å². The van der Waals surface area contributed by atoms with E-state index in [1.54, 1.807) is 17.3 Å². The fourth-order valence-electron chi connectivity index (χ4n) is 3.22. The van der Waals surface area contributed by atoms with Crippen LogP contribution in [0.4, 0.5) is 10.7 Å². The van der Waals surface area contributed by atoms with Crippen LogP contribution in [0.25, 0.3) is 0 Å². The van der Waals surface area contributed by atoms with Crippen molar-refractivity contribution in [2.24, 2.45) is 5.92 Å². The maximum Gasteiger partial charge on any atom is 0.410 e. The molecule has 0 aromatic carbocycles. The van der Waals surface area contributed by atoms with Gasteiger partial charge in [-0.2, -0.15) is 0 Å². The molecule has 2 fully saturated rings. The first kappa shape index (κ1) is 19.5. The second kappa shape index (κ2) is 8.21. The molecule has 3 heterocycles. The maximum atomic E-state index is 12.5. The Morgan fingerprint density at radius 2 is 1.67 bits per heavy atom. The van der Waals surface area contributed by atoms with Crippen LogP contribution >= 0.6 is 0 Å². The number of nitrogens with zero attached hydrogens (tertiary/aromatic N) is 4. The van der Waals surface area contributed by atoms with Gasteiger partial charge in [0.2, 0.25) is 5.95 Å². The standard InChI is InChI=1S/C19H28N4O4/c1-19(2,3)27-18(25)23-8-6-22(7-9-23)17-20-12-15(13-21-17)16(24)14-4-10-26-11-5-14/h12-14H,4-11H2,1-3H3. The number of hydrogen-bond acceptors (Lipinski definition) is 7. The van der Waals surface area contributed by atoms with Crippen LogP contribution in [0, 0.1) is 5.92 Å². The molecule has 0 saturated carbocycles. The van der Waals surface area contributed by atoms with Crippen LogP contribution in [0.1, 0.15) is 44.0 Å². The predicted octanol–water partition coefficient (Wildman–Crippen LogP) is 2.14. The zero-order valence-electron chi connectivity index (χ0n) is 16.3. The zero-order valence-corrected chi connectivity index (χ0v) is 16.3. The highest BCUT2D eigenvalue weighted by atomic mass is 16.6. The minimum absolute atomic E-state index is 0.00516. The summed E-state index contributed by atoms with van der Waals surface area (Å²) in [6, 6.07) is 0. The first-order valence-electron chi connectivity index (χ1n) is 9.50. The van der Waals surface area contributed by atoms with Crippen LogP contribution in [-0.2, 0) is 9.47 Å². The van der Waals surface area contributed by atoms with Crippen molar-refractivity contribution >= 4 is 17.8 Å². The summed E-state index contributed by atoms with van der Waals surface area (Å²) in [5, 5.41) is 0. The third-order valence-corrected chi connectivity index (χ3v) is 4.73. The number of carbonyl (C=O) groups is 2. The van der Waals surface area contributed by atoms with Crippen LogP contribution in [0.5, 0.6) is 0 Å². The third kappa shape index (κ3) is 5.15. The van der Waals surface area contributed by atoms with E-state index in [0.29, 0.717) is 50.9 Å². The average Bonchev–Trinajstić information content (AvgIpc) is 2.67. The first-order chi connectivity index (χ1) is 12.8. The summed E-state index contributed by atoms with van der Waals surface area (Å²) in [6.07, 6.45) is 4.45. The summed E-state index contributed by atoms with van der Waals surface area (Å²) >= 11 is 0. The second-order valence-corrected chi connectivity index (χ2v) is 7.98. The van der Waals surface area contributed by atoms with Crippen molar-refractivity contribution in [3.63, 3.8) is 0 Å². The molecular formula is C19H28N4O4. The molecule has 1 aromatic rings. The Hall–Kier alpha value is -2.22. The highest BCUT2D eigenvalue weighted by Crippen LogP contribution is 2.20. The number of ketones is 1. The minimum atomic E-state index is -0.496. The maximum absolute atomic E-state index is 12.5. The molecule has 2 saturated heterocycles. The summed E-state index contributed by atoms with van der Waals surface area (Å²) in [5.41, 5.74) is 0.0579. The zero-order chi connectivity index (χ0) is 19.4. The highest BCUT2D eigenvalue weighted by Gasteiger charge is 2.27. The number of rotatable bonds is 3. The summed E-state index contributed by atoms with van der Waals surface area (Å²) in [5.74, 6) is 0.688. The van der Waals surface area contributed by atoms with Gasteiger partial charge < -0.3 is 19.3 Å². The Balaban J connectivity index is 1.54. The van der Waals surface area contributed by atoms with Gasteiger partial charge in [0.15, 0.2) is 5.78 Å². The number of Topliss-reactive ketones (excluding diaryl/α,β-unsaturated/α-hetero) is 1. The average molecular weight is 376 g/mol. The van der Waals surface area contributed by atoms with Gasteiger partial charge in [-0.15, -0.1) is 0 Å². The normalized spacial score (nSPS) is 19.1. The molecule has 2 aliphatic heterocycles. The van der Waals surface area contributed by atoms with Gasteiger partial charge in [-0.05, 0) is 33.6 Å². The van der Waals surface area contributed by atoms with Crippen LogP contribution in [0.2, 0.25) is 0 Å². The van der Waals surface area contributed by atoms with Gasteiger partial charge >= 0.3 is 6.09 Å². The number of hydrogen-bond donors (Lipinski definition) is 0. The molecule has 0 aliphatic carbocycles. The van der Waals surface area contributed by atoms with E-state index in [4.69, 9.17) is 9.47 Å². The van der Waals surface area contributed by atoms with E-state index in [1.165, 1.54) is 0 Å². The molecule has 1 amide bonds. The van der Waals surface area contributed by atoms with Gasteiger partial charge in [0.1, 0.15) is 5.60 Å². The molecular weight excluding hydrogens is 348 g/mol. The summed E-state index contributed by atoms with van der Waals surface area (Å²) in [4.78, 5) is 37.1. The van der Waals surface area contributed by atoms with E-state index < -0.39 is 5.60 Å². The Morgan fingerprint density at radius 1 is 1.07 bits per heavy atom. The molecule has 0 unspecified atom stereocenters. The van der Waals surface area contributed by atoms with Gasteiger partial charge in [0.25, 0.3) is 0 Å². The SMILES string of the molecule is CC(C)(C)OC(=O)N1CCN(c2ncc(C(=O)C3CCOCC3)cn2)CC1. The molecule has 0 radical (unpaired) electrons. The van der Waals surface area contributed by atoms with Crippen molar-refractivity contribution in [2.75, 3.05) is 44.3 Å². The van der Waals surface area contributed by atoms with Crippen molar-refractivity contribution in [3.05, 3.63) is 18.0 Å². The monoisotopic (exact) mass is 376 g/mol. The Morgan fingerprint density at radius 3 is 2.22 bits per heavy atom. The molecule has 8 heteroatoms. The molecule has 0 N–H and O–H groups in total. The lowest BCUT2D eigenvalue weighted by atomic mass is 9.92. The first-order valence-corrected chi connectivity index (χ1v) is 9.50. The Labute approximate surface area is 159 Å². The number of anilines is 1. The van der Waals surface area contributed by atoms with Crippen LogP contribution in [0.15, 0.2) is 12.4 Å². The molecule has 0 spiro atoms. The number of piperazine rings is 1. The van der Waals surface area contributed by atoms with E-state index in [0.717, 1.165) is 12.8 Å². The van der Waals surface area contributed by atoms with Crippen LogP contribution < -0.4 is 4.90 Å². The Kier molecular flexibility index (Phi) is 5.94. The molecule has 0 bridgehead atoms. The molecule has 1 aromatic heterocycles. The van der Waals surface area contributed by atoms with E-state index in [2.05, 4.69) is 9.97 Å². The summed E-state index contributed by atoms with van der Waals surface area (Å²) in [7, 11) is 0. The predicted molar refractivity (Wildman–Crippen MR) is 99.9 cm³/mol. The molecule has 148 valence electrons. The largest absolute Gasteiger partial charge is 0.444 e. The van der Waals surface area contributed by atoms with E-state index in [9.17, 15) is 9.59 Å². The highest BCUT2D eigenvalue weighted by molar-refractivity contribution is 5.97. The van der Waals surface area contributed by atoms with E-state index in [-0.39, 0.29) is 17.8 Å².